The predicted octanol–water partition coefficient (Wildman–Crippen LogP) is 4.99. The van der Waals surface area contributed by atoms with Crippen molar-refractivity contribution < 1.29 is 24.3 Å². The number of oxime groups is 1. The van der Waals surface area contributed by atoms with Gasteiger partial charge >= 0.3 is 6.03 Å². The standard InChI is InChI=1S/C32H40Cl4N6O5/c1-39(31(45)21-14-22(33)17-23(34)15-21)18-28(38-47-2)25(20-4-5-26(35)27(36)16-20)8-13-40-11-6-24(7-12-40)41-9-3-10-42(32(41)46)29(19-43)30(37)44/h4-5,14-17,24-25,29,43H,3,6-13,18-19H2,1-2H3,(H2,37,44)/b38-28-/t25-,29+/m1/s1. The van der Waals surface area contributed by atoms with Gasteiger partial charge in [-0.15, -0.1) is 0 Å². The highest BCUT2D eigenvalue weighted by Crippen LogP contribution is 2.31. The fourth-order valence-electron chi connectivity index (χ4n) is 6.29. The van der Waals surface area contributed by atoms with E-state index in [0.29, 0.717) is 63.8 Å². The fourth-order valence-corrected chi connectivity index (χ4v) is 7.12. The molecule has 2 aliphatic rings. The van der Waals surface area contributed by atoms with E-state index in [-0.39, 0.29) is 30.4 Å². The normalized spacial score (nSPS) is 17.9. The van der Waals surface area contributed by atoms with Gasteiger partial charge in [-0.05, 0) is 68.1 Å². The number of hydrogen-bond acceptors (Lipinski definition) is 7. The Bertz CT molecular complexity index is 1450. The number of amides is 4. The van der Waals surface area contributed by atoms with Crippen molar-refractivity contribution in [3.8, 4) is 0 Å². The van der Waals surface area contributed by atoms with Gasteiger partial charge < -0.3 is 35.3 Å². The second kappa shape index (κ2) is 17.0. The Kier molecular flexibility index (Phi) is 13.4. The molecular weight excluding hydrogens is 690 g/mol. The summed E-state index contributed by atoms with van der Waals surface area (Å²) < 4.78 is 0. The molecule has 0 bridgehead atoms. The van der Waals surface area contributed by atoms with Gasteiger partial charge in [-0.25, -0.2) is 4.79 Å². The third-order valence-electron chi connectivity index (χ3n) is 8.71. The smallest absolute Gasteiger partial charge is 0.321 e. The minimum Gasteiger partial charge on any atom is -0.399 e. The van der Waals surface area contributed by atoms with Gasteiger partial charge in [-0.3, -0.25) is 9.59 Å². The predicted molar refractivity (Wildman–Crippen MR) is 185 cm³/mol. The Balaban J connectivity index is 1.46. The lowest BCUT2D eigenvalue weighted by Crippen LogP contribution is -2.61. The molecule has 2 atom stereocenters. The van der Waals surface area contributed by atoms with E-state index in [1.165, 1.54) is 16.9 Å². The Labute approximate surface area is 295 Å². The molecule has 0 aromatic heterocycles. The van der Waals surface area contributed by atoms with Crippen LogP contribution in [0.2, 0.25) is 20.1 Å². The molecule has 0 spiro atoms. The summed E-state index contributed by atoms with van der Waals surface area (Å²) in [6.45, 7) is 2.87. The topological polar surface area (TPSA) is 132 Å². The molecule has 15 heteroatoms. The van der Waals surface area contributed by atoms with Gasteiger partial charge in [0.15, 0.2) is 0 Å². The quantitative estimate of drug-likeness (QED) is 0.221. The number of hydrogen-bond donors (Lipinski definition) is 2. The Hall–Kier alpha value is -2.80. The van der Waals surface area contributed by atoms with Crippen LogP contribution in [0.1, 0.15) is 47.5 Å². The molecule has 47 heavy (non-hydrogen) atoms. The lowest BCUT2D eigenvalue weighted by molar-refractivity contribution is -0.124. The third kappa shape index (κ3) is 9.43. The van der Waals surface area contributed by atoms with Crippen molar-refractivity contribution in [1.82, 2.24) is 19.6 Å². The highest BCUT2D eigenvalue weighted by Gasteiger charge is 2.38. The number of urea groups is 1. The molecule has 0 radical (unpaired) electrons. The maximum Gasteiger partial charge on any atom is 0.321 e. The summed E-state index contributed by atoms with van der Waals surface area (Å²) in [5.74, 6) is -1.25. The third-order valence-corrected chi connectivity index (χ3v) is 9.89. The molecule has 2 aromatic rings. The van der Waals surface area contributed by atoms with Crippen molar-refractivity contribution in [2.24, 2.45) is 10.9 Å². The molecule has 2 aromatic carbocycles. The second-order valence-corrected chi connectivity index (χ2v) is 13.5. The number of halogens is 4. The number of likely N-dealkylation sites (tertiary alicyclic amines) is 1. The number of carbonyl (C=O) groups is 3. The van der Waals surface area contributed by atoms with Gasteiger partial charge in [-0.2, -0.15) is 0 Å². The van der Waals surface area contributed by atoms with E-state index in [2.05, 4.69) is 10.1 Å². The monoisotopic (exact) mass is 728 g/mol. The van der Waals surface area contributed by atoms with Gasteiger partial charge in [0.25, 0.3) is 5.91 Å². The van der Waals surface area contributed by atoms with E-state index < -0.39 is 18.6 Å². The van der Waals surface area contributed by atoms with Crippen LogP contribution in [0.25, 0.3) is 0 Å². The first kappa shape index (κ1) is 37.0. The van der Waals surface area contributed by atoms with Crippen LogP contribution in [0.3, 0.4) is 0 Å². The lowest BCUT2D eigenvalue weighted by Gasteiger charge is -2.44. The zero-order chi connectivity index (χ0) is 34.2. The second-order valence-electron chi connectivity index (χ2n) is 11.8. The van der Waals surface area contributed by atoms with Gasteiger partial charge in [0, 0.05) is 60.8 Å². The minimum absolute atomic E-state index is 0.0184. The molecule has 0 unspecified atom stereocenters. The average molecular weight is 731 g/mol. The van der Waals surface area contributed by atoms with Crippen LogP contribution in [-0.4, -0.2) is 120 Å². The number of rotatable bonds is 13. The first-order valence-electron chi connectivity index (χ1n) is 15.4. The molecular formula is C32H40Cl4N6O5. The lowest BCUT2D eigenvalue weighted by atomic mass is 9.89. The largest absolute Gasteiger partial charge is 0.399 e. The van der Waals surface area contributed by atoms with Gasteiger partial charge in [0.1, 0.15) is 13.2 Å². The van der Waals surface area contributed by atoms with Crippen LogP contribution in [0.5, 0.6) is 0 Å². The molecule has 2 heterocycles. The van der Waals surface area contributed by atoms with Crippen LogP contribution in [0.4, 0.5) is 4.79 Å². The maximum atomic E-state index is 13.3. The number of aliphatic hydroxyl groups excluding tert-OH is 1. The summed E-state index contributed by atoms with van der Waals surface area (Å²) in [5.41, 5.74) is 7.29. The summed E-state index contributed by atoms with van der Waals surface area (Å²) >= 11 is 25.0. The fraction of sp³-hybridized carbons (Fsp3) is 0.500. The van der Waals surface area contributed by atoms with Crippen molar-refractivity contribution in [3.63, 3.8) is 0 Å². The number of nitrogens with zero attached hydrogens (tertiary/aromatic N) is 5. The molecule has 256 valence electrons. The SMILES string of the molecule is CO/N=C(/CN(C)C(=O)c1cc(Cl)cc(Cl)c1)[C@H](CCN1CCC(N2CCCN([C@@H](CO)C(N)=O)C2=O)CC1)c1ccc(Cl)c(Cl)c1. The number of benzene rings is 2. The number of aliphatic hydroxyl groups is 1. The molecule has 2 fully saturated rings. The first-order valence-corrected chi connectivity index (χ1v) is 16.9. The molecule has 3 N–H and O–H groups in total. The molecule has 0 saturated carbocycles. The summed E-state index contributed by atoms with van der Waals surface area (Å²) in [6, 6.07) is 8.88. The molecule has 4 rings (SSSR count). The van der Waals surface area contributed by atoms with Gasteiger partial charge in [0.2, 0.25) is 5.91 Å². The van der Waals surface area contributed by atoms with E-state index in [1.807, 2.05) is 17.0 Å². The van der Waals surface area contributed by atoms with E-state index in [4.69, 9.17) is 57.0 Å². The van der Waals surface area contributed by atoms with Crippen LogP contribution in [0, 0.1) is 0 Å². The summed E-state index contributed by atoms with van der Waals surface area (Å²) in [6.07, 6.45) is 2.86. The highest BCUT2D eigenvalue weighted by atomic mass is 35.5. The number of carbonyl (C=O) groups excluding carboxylic acids is 3. The number of primary amides is 1. The Morgan fingerprint density at radius 3 is 2.32 bits per heavy atom. The maximum absolute atomic E-state index is 13.3. The van der Waals surface area contributed by atoms with Crippen LogP contribution < -0.4 is 5.73 Å². The van der Waals surface area contributed by atoms with Crippen LogP contribution in [-0.2, 0) is 9.63 Å². The Morgan fingerprint density at radius 2 is 1.72 bits per heavy atom. The van der Waals surface area contributed by atoms with Crippen LogP contribution in [0.15, 0.2) is 41.6 Å². The zero-order valence-corrected chi connectivity index (χ0v) is 29.4. The van der Waals surface area contributed by atoms with E-state index >= 15 is 0 Å². The molecule has 2 aliphatic heterocycles. The molecule has 11 nitrogen and oxygen atoms in total. The number of piperidine rings is 1. The minimum atomic E-state index is -1.02. The van der Waals surface area contributed by atoms with Crippen LogP contribution >= 0.6 is 46.4 Å². The van der Waals surface area contributed by atoms with Gasteiger partial charge in [-0.1, -0.05) is 57.6 Å². The summed E-state index contributed by atoms with van der Waals surface area (Å²) in [7, 11) is 3.14. The van der Waals surface area contributed by atoms with E-state index in [9.17, 15) is 19.5 Å². The van der Waals surface area contributed by atoms with Crippen molar-refractivity contribution in [3.05, 3.63) is 67.6 Å². The number of nitrogens with two attached hydrogens (primary N) is 1. The highest BCUT2D eigenvalue weighted by molar-refractivity contribution is 6.42. The first-order chi connectivity index (χ1) is 22.4. The van der Waals surface area contributed by atoms with E-state index in [0.717, 1.165) is 31.5 Å². The zero-order valence-electron chi connectivity index (χ0n) is 26.4. The average Bonchev–Trinajstić information content (AvgIpc) is 3.03. The molecule has 2 saturated heterocycles. The molecule has 4 amide bonds. The Morgan fingerprint density at radius 1 is 1.04 bits per heavy atom. The summed E-state index contributed by atoms with van der Waals surface area (Å²) in [5, 5.41) is 15.6. The van der Waals surface area contributed by atoms with Crippen molar-refractivity contribution in [2.75, 3.05) is 60.0 Å². The summed E-state index contributed by atoms with van der Waals surface area (Å²) in [4.78, 5) is 50.8. The van der Waals surface area contributed by atoms with Crippen molar-refractivity contribution in [1.29, 1.82) is 0 Å². The van der Waals surface area contributed by atoms with Crippen molar-refractivity contribution >= 4 is 70.0 Å². The van der Waals surface area contributed by atoms with Gasteiger partial charge in [0.05, 0.1) is 28.9 Å². The van der Waals surface area contributed by atoms with Crippen molar-refractivity contribution in [2.45, 2.75) is 43.7 Å². The molecule has 0 aliphatic carbocycles. The van der Waals surface area contributed by atoms with E-state index in [1.54, 1.807) is 31.3 Å².